The van der Waals surface area contributed by atoms with Crippen LogP contribution < -0.4 is 5.46 Å². The molecule has 2 N–H and O–H groups in total. The molecule has 16 heteroatoms. The molecule has 0 atom stereocenters. The molecule has 0 aliphatic heterocycles. The summed E-state index contributed by atoms with van der Waals surface area (Å²) in [7, 11) is 0.407. The Morgan fingerprint density at radius 2 is 1.27 bits per heavy atom. The molecule has 0 unspecified atom stereocenters. The molecule has 0 aliphatic carbocycles. The molecular weight excluding hydrogens is 643 g/mol. The van der Waals surface area contributed by atoms with E-state index in [4.69, 9.17) is 10.0 Å². The molecular formula is C28H26BBrN4O10. The fourth-order valence-electron chi connectivity index (χ4n) is 3.55. The molecule has 4 aromatic rings. The number of esters is 2. The number of pyridine rings is 2. The van der Waals surface area contributed by atoms with E-state index in [0.29, 0.717) is 11.1 Å². The molecule has 0 saturated carbocycles. The zero-order valence-electron chi connectivity index (χ0n) is 23.8. The van der Waals surface area contributed by atoms with Crippen molar-refractivity contribution in [2.45, 2.75) is 13.8 Å². The van der Waals surface area contributed by atoms with Crippen LogP contribution in [-0.4, -0.2) is 63.1 Å². The molecule has 14 nitrogen and oxygen atoms in total. The van der Waals surface area contributed by atoms with E-state index in [0.717, 1.165) is 29.3 Å². The first-order valence-electron chi connectivity index (χ1n) is 12.4. The number of hydrogen-bond acceptors (Lipinski definition) is 12. The molecule has 0 radical (unpaired) electrons. The van der Waals surface area contributed by atoms with Gasteiger partial charge < -0.3 is 19.5 Å². The smallest absolute Gasteiger partial charge is 0.465 e. The zero-order valence-corrected chi connectivity index (χ0v) is 25.4. The Morgan fingerprint density at radius 1 is 0.773 bits per heavy atom. The van der Waals surface area contributed by atoms with Crippen LogP contribution in [-0.2, 0) is 9.47 Å². The normalized spacial score (nSPS) is 9.80. The number of benzene rings is 2. The lowest BCUT2D eigenvalue weighted by Crippen LogP contribution is -2.32. The molecule has 0 aliphatic rings. The highest BCUT2D eigenvalue weighted by Gasteiger charge is 2.25. The summed E-state index contributed by atoms with van der Waals surface area (Å²) >= 11 is 3.36. The fraction of sp³-hybridized carbons (Fsp3) is 0.143. The second-order valence-electron chi connectivity index (χ2n) is 8.69. The number of carbonyl (C=O) groups is 2. The molecule has 2 aromatic heterocycles. The van der Waals surface area contributed by atoms with E-state index in [1.807, 2.05) is 26.1 Å². The summed E-state index contributed by atoms with van der Waals surface area (Å²) in [5.41, 5.74) is 2.31. The summed E-state index contributed by atoms with van der Waals surface area (Å²) in [5, 5.41) is 39.6. The van der Waals surface area contributed by atoms with E-state index in [2.05, 4.69) is 35.4 Å². The lowest BCUT2D eigenvalue weighted by molar-refractivity contribution is -0.384. The van der Waals surface area contributed by atoms with Crippen LogP contribution in [0.2, 0.25) is 0 Å². The number of carbonyl (C=O) groups excluding carboxylic acids is 2. The van der Waals surface area contributed by atoms with E-state index >= 15 is 0 Å². The molecule has 0 saturated heterocycles. The van der Waals surface area contributed by atoms with E-state index in [-0.39, 0.29) is 22.3 Å². The van der Waals surface area contributed by atoms with Gasteiger partial charge in [-0.25, -0.2) is 9.59 Å². The van der Waals surface area contributed by atoms with Crippen LogP contribution in [0.4, 0.5) is 11.4 Å². The zero-order chi connectivity index (χ0) is 33.0. The maximum absolute atomic E-state index is 11.4. The van der Waals surface area contributed by atoms with Gasteiger partial charge in [0.25, 0.3) is 11.4 Å². The summed E-state index contributed by atoms with van der Waals surface area (Å²) in [6.45, 7) is 3.83. The quantitative estimate of drug-likeness (QED) is 0.130. The van der Waals surface area contributed by atoms with Gasteiger partial charge in [0.1, 0.15) is 0 Å². The molecule has 0 spiro atoms. The van der Waals surface area contributed by atoms with Crippen LogP contribution in [0, 0.1) is 34.1 Å². The van der Waals surface area contributed by atoms with E-state index in [1.165, 1.54) is 30.9 Å². The Labute approximate surface area is 259 Å². The lowest BCUT2D eigenvalue weighted by atomic mass is 9.78. The van der Waals surface area contributed by atoms with Crippen molar-refractivity contribution in [3.63, 3.8) is 0 Å². The second-order valence-corrected chi connectivity index (χ2v) is 9.55. The van der Waals surface area contributed by atoms with E-state index in [9.17, 15) is 29.8 Å². The summed E-state index contributed by atoms with van der Waals surface area (Å²) < 4.78 is 10.1. The van der Waals surface area contributed by atoms with Crippen molar-refractivity contribution in [2.24, 2.45) is 0 Å². The highest BCUT2D eigenvalue weighted by molar-refractivity contribution is 9.10. The van der Waals surface area contributed by atoms with Crippen molar-refractivity contribution in [1.82, 2.24) is 9.97 Å². The first-order valence-corrected chi connectivity index (χ1v) is 13.2. The molecule has 2 aromatic carbocycles. The van der Waals surface area contributed by atoms with Gasteiger partial charge in [-0.2, -0.15) is 0 Å². The standard InChI is InChI=1S/C14H12N2O4.C8H8BNO6.C6H6BrN/c1-9-8-15-6-5-11(9)12-4-3-10(14(17)20-2)7-13(12)16(18)19;1-16-8(11)5-2-3-6(9(12)13)7(4-5)10(14)15;1-5-4-8-3-2-6(5)7/h3-8H,1-2H3;2-4,12-13H,1H3;2-4H,1H3. The first-order chi connectivity index (χ1) is 20.8. The van der Waals surface area contributed by atoms with Gasteiger partial charge in [-0.3, -0.25) is 30.2 Å². The van der Waals surface area contributed by atoms with Crippen LogP contribution in [0.15, 0.2) is 77.8 Å². The number of rotatable bonds is 6. The molecule has 2 heterocycles. The Morgan fingerprint density at radius 3 is 1.70 bits per heavy atom. The molecule has 4 rings (SSSR count). The number of halogens is 1. The first kappa shape index (κ1) is 35.1. The number of aryl methyl sites for hydroxylation is 2. The van der Waals surface area contributed by atoms with Gasteiger partial charge in [-0.1, -0.05) is 22.0 Å². The van der Waals surface area contributed by atoms with E-state index in [1.54, 1.807) is 30.7 Å². The molecule has 0 fully saturated rings. The second kappa shape index (κ2) is 16.5. The minimum atomic E-state index is -1.97. The van der Waals surface area contributed by atoms with Crippen molar-refractivity contribution in [2.75, 3.05) is 14.2 Å². The lowest BCUT2D eigenvalue weighted by Gasteiger charge is -2.07. The topological polar surface area (TPSA) is 205 Å². The molecule has 0 amide bonds. The molecule has 44 heavy (non-hydrogen) atoms. The average molecular weight is 669 g/mol. The Bertz CT molecular complexity index is 1650. The van der Waals surface area contributed by atoms with Gasteiger partial charge in [-0.05, 0) is 60.9 Å². The van der Waals surface area contributed by atoms with Crippen molar-refractivity contribution in [1.29, 1.82) is 0 Å². The van der Waals surface area contributed by atoms with Gasteiger partial charge in [0.2, 0.25) is 0 Å². The van der Waals surface area contributed by atoms with Gasteiger partial charge >= 0.3 is 19.1 Å². The number of methoxy groups -OCH3 is 2. The number of nitrogens with zero attached hydrogens (tertiary/aromatic N) is 4. The van der Waals surface area contributed by atoms with Crippen LogP contribution in [0.25, 0.3) is 11.1 Å². The van der Waals surface area contributed by atoms with Crippen molar-refractivity contribution in [3.8, 4) is 11.1 Å². The minimum absolute atomic E-state index is 0.0291. The van der Waals surface area contributed by atoms with Crippen LogP contribution in [0.1, 0.15) is 31.8 Å². The summed E-state index contributed by atoms with van der Waals surface area (Å²) in [6.07, 6.45) is 6.79. The average Bonchev–Trinajstić information content (AvgIpc) is 3.02. The number of hydrogen-bond donors (Lipinski definition) is 2. The highest BCUT2D eigenvalue weighted by atomic mass is 79.9. The number of ether oxygens (including phenoxy) is 2. The van der Waals surface area contributed by atoms with Gasteiger partial charge in [0.15, 0.2) is 0 Å². The predicted molar refractivity (Wildman–Crippen MR) is 163 cm³/mol. The largest absolute Gasteiger partial charge is 0.495 e. The third kappa shape index (κ3) is 9.48. The van der Waals surface area contributed by atoms with E-state index < -0.39 is 34.6 Å². The van der Waals surface area contributed by atoms with Crippen LogP contribution >= 0.6 is 15.9 Å². The van der Waals surface area contributed by atoms with Crippen molar-refractivity contribution in [3.05, 3.63) is 120 Å². The Balaban J connectivity index is 0.000000250. The SMILES string of the molecule is COC(=O)c1ccc(-c2ccncc2C)c([N+](=O)[O-])c1.COC(=O)c1ccc(B(O)O)c([N+](=O)[O-])c1.Cc1cnccc1Br. The van der Waals surface area contributed by atoms with Crippen LogP contribution in [0.5, 0.6) is 0 Å². The van der Waals surface area contributed by atoms with Gasteiger partial charge in [0, 0.05) is 41.4 Å². The fourth-order valence-corrected chi connectivity index (χ4v) is 3.77. The number of nitro benzene ring substituents is 2. The minimum Gasteiger partial charge on any atom is -0.465 e. The highest BCUT2D eigenvalue weighted by Crippen LogP contribution is 2.32. The number of aromatic nitrogens is 2. The number of nitro groups is 2. The van der Waals surface area contributed by atoms with Gasteiger partial charge in [-0.15, -0.1) is 0 Å². The van der Waals surface area contributed by atoms with Crippen molar-refractivity contribution < 1.29 is 39.0 Å². The van der Waals surface area contributed by atoms with Gasteiger partial charge in [0.05, 0.1) is 46.2 Å². The van der Waals surface area contributed by atoms with Crippen molar-refractivity contribution >= 4 is 51.8 Å². The third-order valence-electron chi connectivity index (χ3n) is 5.80. The summed E-state index contributed by atoms with van der Waals surface area (Å²) in [4.78, 5) is 50.9. The summed E-state index contributed by atoms with van der Waals surface area (Å²) in [5.74, 6) is -1.34. The monoisotopic (exact) mass is 668 g/mol. The maximum atomic E-state index is 11.4. The maximum Gasteiger partial charge on any atom is 0.495 e. The Hall–Kier alpha value is -5.06. The predicted octanol–water partition coefficient (Wildman–Crippen LogP) is 3.97. The molecule has 228 valence electrons. The summed E-state index contributed by atoms with van der Waals surface area (Å²) in [6, 6.07) is 11.1. The molecule has 0 bridgehead atoms. The Kier molecular flexibility index (Phi) is 13.2. The van der Waals surface area contributed by atoms with Crippen LogP contribution in [0.3, 0.4) is 0 Å². The third-order valence-corrected chi connectivity index (χ3v) is 6.69.